The molecule has 0 aliphatic carbocycles. The van der Waals surface area contributed by atoms with Gasteiger partial charge < -0.3 is 22.1 Å². The second-order valence-corrected chi connectivity index (χ2v) is 18.5. The van der Waals surface area contributed by atoms with Gasteiger partial charge in [-0.15, -0.1) is 23.2 Å². The van der Waals surface area contributed by atoms with Crippen LogP contribution in [-0.4, -0.2) is 76.9 Å². The summed E-state index contributed by atoms with van der Waals surface area (Å²) < 4.78 is 112. The molecular weight excluding hydrogens is 808 g/mol. The van der Waals surface area contributed by atoms with E-state index in [2.05, 4.69) is 10.6 Å². The Morgan fingerprint density at radius 2 is 0.942 bits per heavy atom. The Hall–Kier alpha value is -4.28. The van der Waals surface area contributed by atoms with Gasteiger partial charge in [0, 0.05) is 11.4 Å². The Kier molecular flexibility index (Phi) is 13.8. The fourth-order valence-electron chi connectivity index (χ4n) is 4.12. The number of anilines is 4. The number of hydrogen-bond donors (Lipinski definition) is 6. The molecule has 8 N–H and O–H groups in total. The van der Waals surface area contributed by atoms with Crippen molar-refractivity contribution in [3.63, 3.8) is 0 Å². The lowest BCUT2D eigenvalue weighted by Crippen LogP contribution is -2.30. The van der Waals surface area contributed by atoms with Crippen molar-refractivity contribution in [2.75, 3.05) is 33.6 Å². The van der Waals surface area contributed by atoms with Gasteiger partial charge in [0.15, 0.2) is 19.7 Å². The molecule has 0 fully saturated rings. The number of hydrogen-bond acceptors (Lipinski definition) is 12. The number of nitrogens with one attached hydrogen (secondary N) is 2. The summed E-state index contributed by atoms with van der Waals surface area (Å²) >= 11 is 11.8. The lowest BCUT2D eigenvalue weighted by atomic mass is 10.2. The molecule has 2 atom stereocenters. The highest BCUT2D eigenvalue weighted by molar-refractivity contribution is 7.92. The quantitative estimate of drug-likeness (QED) is 0.0680. The molecule has 2 amide bonds. The zero-order valence-corrected chi connectivity index (χ0v) is 31.1. The Morgan fingerprint density at radius 1 is 0.558 bits per heavy atom. The summed E-state index contributed by atoms with van der Waals surface area (Å²) in [5, 5.41) is 1.82. The van der Waals surface area contributed by atoms with Gasteiger partial charge in [-0.05, 0) is 60.7 Å². The highest BCUT2D eigenvalue weighted by atomic mass is 35.5. The molecule has 0 radical (unpaired) electrons. The average molecular weight is 838 g/mol. The number of halogens is 2. The van der Waals surface area contributed by atoms with Crippen LogP contribution in [0.2, 0.25) is 0 Å². The Labute approximate surface area is 309 Å². The third-order valence-electron chi connectivity index (χ3n) is 6.62. The molecule has 0 aliphatic rings. The van der Waals surface area contributed by atoms with Gasteiger partial charge in [0.05, 0.1) is 32.7 Å². The monoisotopic (exact) mass is 836 g/mol. The van der Waals surface area contributed by atoms with Crippen LogP contribution >= 0.6 is 23.2 Å². The van der Waals surface area contributed by atoms with Gasteiger partial charge in [-0.1, -0.05) is 36.4 Å². The van der Waals surface area contributed by atoms with Crippen LogP contribution in [0.5, 0.6) is 0 Å². The Bertz CT molecular complexity index is 2380. The molecule has 0 heterocycles. The van der Waals surface area contributed by atoms with Gasteiger partial charge in [-0.2, -0.15) is 16.8 Å². The molecule has 0 aromatic heterocycles. The third kappa shape index (κ3) is 11.9. The van der Waals surface area contributed by atoms with Crippen molar-refractivity contribution in [2.45, 2.75) is 30.3 Å². The zero-order valence-electron chi connectivity index (χ0n) is 26.3. The molecule has 0 aliphatic heterocycles. The molecular formula is C30H30Cl2N4O12S4. The predicted molar refractivity (Wildman–Crippen MR) is 195 cm³/mol. The maximum atomic E-state index is 12.2. The first-order valence-corrected chi connectivity index (χ1v) is 21.3. The van der Waals surface area contributed by atoms with E-state index in [0.717, 1.165) is 18.2 Å². The van der Waals surface area contributed by atoms with Gasteiger partial charge in [0.25, 0.3) is 20.2 Å². The normalized spacial score (nSPS) is 13.2. The number of nitrogens with two attached hydrogens (primary N) is 2. The van der Waals surface area contributed by atoms with E-state index in [1.807, 2.05) is 0 Å². The third-order valence-corrected chi connectivity index (χ3v) is 13.1. The fourth-order valence-corrected chi connectivity index (χ4v) is 9.07. The molecule has 2 unspecified atom stereocenters. The van der Waals surface area contributed by atoms with Crippen molar-refractivity contribution in [3.8, 4) is 0 Å². The Morgan fingerprint density at radius 3 is 1.33 bits per heavy atom. The van der Waals surface area contributed by atoms with Crippen LogP contribution in [0.1, 0.15) is 0 Å². The minimum absolute atomic E-state index is 0.0143. The number of rotatable bonds is 12. The van der Waals surface area contributed by atoms with Crippen molar-refractivity contribution < 1.29 is 52.4 Å². The van der Waals surface area contributed by atoms with Crippen molar-refractivity contribution in [3.05, 3.63) is 97.1 Å². The summed E-state index contributed by atoms with van der Waals surface area (Å²) in [6.07, 6.45) is 0. The number of alkyl halides is 2. The van der Waals surface area contributed by atoms with Crippen LogP contribution in [0.15, 0.2) is 117 Å². The number of amides is 2. The largest absolute Gasteiger partial charge is 0.398 e. The van der Waals surface area contributed by atoms with Crippen molar-refractivity contribution in [1.29, 1.82) is 0 Å². The van der Waals surface area contributed by atoms with Gasteiger partial charge in [-0.25, -0.2) is 16.8 Å². The van der Waals surface area contributed by atoms with Gasteiger partial charge in [0.2, 0.25) is 11.8 Å². The second kappa shape index (κ2) is 17.0. The van der Waals surface area contributed by atoms with Gasteiger partial charge in [0.1, 0.15) is 20.5 Å². The van der Waals surface area contributed by atoms with E-state index in [4.69, 9.17) is 43.8 Å². The van der Waals surface area contributed by atoms with E-state index in [-0.39, 0.29) is 32.5 Å². The van der Waals surface area contributed by atoms with Crippen LogP contribution in [-0.2, 0) is 49.5 Å². The zero-order chi connectivity index (χ0) is 39.1. The summed E-state index contributed by atoms with van der Waals surface area (Å²) in [6.45, 7) is 0. The number of carbonyl (C=O) groups excluding carboxylic acids is 2. The van der Waals surface area contributed by atoms with E-state index >= 15 is 0 Å². The van der Waals surface area contributed by atoms with E-state index < -0.39 is 83.8 Å². The van der Waals surface area contributed by atoms with Gasteiger partial charge in [-0.3, -0.25) is 18.7 Å². The summed E-state index contributed by atoms with van der Waals surface area (Å²) in [6, 6.07) is 21.8. The lowest BCUT2D eigenvalue weighted by molar-refractivity contribution is -0.116. The van der Waals surface area contributed by atoms with E-state index in [0.29, 0.717) is 0 Å². The molecule has 280 valence electrons. The lowest BCUT2D eigenvalue weighted by Gasteiger charge is -2.12. The highest BCUT2D eigenvalue weighted by Crippen LogP contribution is 2.25. The molecule has 16 nitrogen and oxygen atoms in total. The standard InChI is InChI=1S/2C15H15ClN2O6S2/c16-12(9-25(20,21)11-4-2-1-3-5-11)15(19)18-10-6-7-14(13(17)8-10)26(22,23)24;16-12(9-25(20,21)11-4-2-1-3-5-11)15(19)18-10-6-7-13(17)14(8-10)26(22,23)24/h2*1-8,12H,9,17H2,(H,18,19)(H,22,23,24). The summed E-state index contributed by atoms with van der Waals surface area (Å²) in [4.78, 5) is 23.2. The predicted octanol–water partition coefficient (Wildman–Crippen LogP) is 3.07. The number of nitrogen functional groups attached to an aromatic ring is 2. The van der Waals surface area contributed by atoms with E-state index in [1.165, 1.54) is 42.5 Å². The fraction of sp³-hybridized carbons (Fsp3) is 0.133. The first kappa shape index (κ1) is 42.1. The molecule has 4 aromatic rings. The maximum Gasteiger partial charge on any atom is 0.296 e. The first-order valence-electron chi connectivity index (χ1n) is 14.2. The topological polar surface area (TPSA) is 287 Å². The summed E-state index contributed by atoms with van der Waals surface area (Å²) in [7, 11) is -16.6. The van der Waals surface area contributed by atoms with Crippen LogP contribution < -0.4 is 22.1 Å². The maximum absolute atomic E-state index is 12.2. The van der Waals surface area contributed by atoms with Crippen LogP contribution in [0.3, 0.4) is 0 Å². The molecule has 4 aromatic carbocycles. The smallest absolute Gasteiger partial charge is 0.296 e. The summed E-state index contributed by atoms with van der Waals surface area (Å²) in [5.41, 5.74) is 10.6. The van der Waals surface area contributed by atoms with Crippen molar-refractivity contribution >= 4 is 97.7 Å². The minimum atomic E-state index is -4.58. The molecule has 0 saturated carbocycles. The van der Waals surface area contributed by atoms with Gasteiger partial charge >= 0.3 is 0 Å². The molecule has 0 saturated heterocycles. The van der Waals surface area contributed by atoms with Crippen LogP contribution in [0.25, 0.3) is 0 Å². The average Bonchev–Trinajstić information content (AvgIpc) is 3.05. The molecule has 0 spiro atoms. The first-order chi connectivity index (χ1) is 24.0. The molecule has 22 heteroatoms. The van der Waals surface area contributed by atoms with E-state index in [1.54, 1.807) is 36.4 Å². The molecule has 4 rings (SSSR count). The Balaban J connectivity index is 0.000000280. The van der Waals surface area contributed by atoms with E-state index in [9.17, 15) is 43.3 Å². The number of carbonyl (C=O) groups is 2. The molecule has 0 bridgehead atoms. The van der Waals surface area contributed by atoms with Crippen LogP contribution in [0.4, 0.5) is 22.7 Å². The number of benzene rings is 4. The second-order valence-electron chi connectivity index (χ2n) is 10.6. The highest BCUT2D eigenvalue weighted by Gasteiger charge is 2.27. The van der Waals surface area contributed by atoms with Crippen molar-refractivity contribution in [1.82, 2.24) is 0 Å². The molecule has 52 heavy (non-hydrogen) atoms. The summed E-state index contributed by atoms with van der Waals surface area (Å²) in [5.74, 6) is -2.92. The number of sulfone groups is 2. The minimum Gasteiger partial charge on any atom is -0.398 e. The SMILES string of the molecule is Nc1cc(NC(=O)C(Cl)CS(=O)(=O)c2ccccc2)ccc1S(=O)(=O)O.Nc1ccc(NC(=O)C(Cl)CS(=O)(=O)c2ccccc2)cc1S(=O)(=O)O. The van der Waals surface area contributed by atoms with Crippen molar-refractivity contribution in [2.24, 2.45) is 0 Å². The van der Waals surface area contributed by atoms with Crippen LogP contribution in [0, 0.1) is 0 Å².